The van der Waals surface area contributed by atoms with E-state index >= 15 is 0 Å². The number of furan rings is 1. The summed E-state index contributed by atoms with van der Waals surface area (Å²) < 4.78 is 6.89. The molecular weight excluding hydrogens is 583 g/mol. The molecule has 0 unspecified atom stereocenters. The summed E-state index contributed by atoms with van der Waals surface area (Å²) in [7, 11) is 0. The van der Waals surface area contributed by atoms with Crippen molar-refractivity contribution in [3.8, 4) is 11.3 Å². The van der Waals surface area contributed by atoms with Crippen LogP contribution >= 0.6 is 51.3 Å². The van der Waals surface area contributed by atoms with E-state index in [9.17, 15) is 9.59 Å². The predicted octanol–water partition coefficient (Wildman–Crippen LogP) is 7.76. The summed E-state index contributed by atoms with van der Waals surface area (Å²) in [5, 5.41) is 0.587. The molecule has 9 heteroatoms. The Morgan fingerprint density at radius 1 is 0.778 bits per heavy atom. The van der Waals surface area contributed by atoms with Crippen LogP contribution in [-0.2, 0) is 9.59 Å². The second-order valence-corrected chi connectivity index (χ2v) is 9.86. The molecule has 5 rings (SSSR count). The van der Waals surface area contributed by atoms with E-state index < -0.39 is 11.8 Å². The monoisotopic (exact) mass is 596 g/mol. The van der Waals surface area contributed by atoms with Gasteiger partial charge in [-0.1, -0.05) is 69.5 Å². The van der Waals surface area contributed by atoms with E-state index in [2.05, 4.69) is 15.9 Å². The minimum atomic E-state index is -0.600. The molecule has 2 heterocycles. The van der Waals surface area contributed by atoms with Crippen LogP contribution in [0.1, 0.15) is 5.76 Å². The van der Waals surface area contributed by atoms with Gasteiger partial charge in [0.05, 0.1) is 21.4 Å². The maximum absolute atomic E-state index is 13.6. The minimum Gasteiger partial charge on any atom is -0.457 e. The number of anilines is 2. The average Bonchev–Trinajstić information content (AvgIpc) is 3.34. The number of thiocarbonyl (C=S) groups is 1. The van der Waals surface area contributed by atoms with Gasteiger partial charge in [-0.25, -0.2) is 0 Å². The van der Waals surface area contributed by atoms with E-state index in [1.807, 2.05) is 30.3 Å². The number of hydrogen-bond donors (Lipinski definition) is 0. The van der Waals surface area contributed by atoms with Crippen LogP contribution in [0.15, 0.2) is 99.4 Å². The van der Waals surface area contributed by atoms with Crippen LogP contribution in [0.3, 0.4) is 0 Å². The van der Waals surface area contributed by atoms with Gasteiger partial charge < -0.3 is 4.42 Å². The minimum absolute atomic E-state index is 0.00161. The van der Waals surface area contributed by atoms with Crippen molar-refractivity contribution in [3.63, 3.8) is 0 Å². The largest absolute Gasteiger partial charge is 0.457 e. The molecule has 0 atom stereocenters. The Morgan fingerprint density at radius 3 is 2.11 bits per heavy atom. The fraction of sp³-hybridized carbons (Fsp3) is 0. The van der Waals surface area contributed by atoms with Crippen molar-refractivity contribution in [2.45, 2.75) is 0 Å². The van der Waals surface area contributed by atoms with Crippen molar-refractivity contribution in [1.82, 2.24) is 0 Å². The number of carbonyl (C=O) groups excluding carboxylic acids is 2. The Morgan fingerprint density at radius 2 is 1.44 bits per heavy atom. The Kier molecular flexibility index (Phi) is 6.81. The second kappa shape index (κ2) is 10.0. The lowest BCUT2D eigenvalue weighted by Gasteiger charge is -2.36. The fourth-order valence-electron chi connectivity index (χ4n) is 3.73. The number of halogens is 3. The first-order valence-corrected chi connectivity index (χ1v) is 12.6. The van der Waals surface area contributed by atoms with Crippen LogP contribution in [0.25, 0.3) is 17.4 Å². The van der Waals surface area contributed by atoms with Crippen LogP contribution in [0.5, 0.6) is 0 Å². The summed E-state index contributed by atoms with van der Waals surface area (Å²) in [6.45, 7) is 0. The molecule has 36 heavy (non-hydrogen) atoms. The van der Waals surface area contributed by atoms with Gasteiger partial charge in [-0.2, -0.15) is 0 Å². The summed E-state index contributed by atoms with van der Waals surface area (Å²) in [6.07, 6.45) is 1.43. The number of para-hydroxylation sites is 1. The Bertz CT molecular complexity index is 1530. The zero-order valence-corrected chi connectivity index (χ0v) is 22.2. The van der Waals surface area contributed by atoms with Crippen molar-refractivity contribution in [1.29, 1.82) is 0 Å². The molecule has 4 aromatic rings. The van der Waals surface area contributed by atoms with E-state index in [0.717, 1.165) is 10.0 Å². The highest BCUT2D eigenvalue weighted by Gasteiger charge is 2.41. The number of nitrogens with zero attached hydrogens (tertiary/aromatic N) is 2. The molecule has 0 N–H and O–H groups in total. The van der Waals surface area contributed by atoms with Crippen molar-refractivity contribution in [2.75, 3.05) is 9.80 Å². The van der Waals surface area contributed by atoms with E-state index in [-0.39, 0.29) is 15.7 Å². The maximum atomic E-state index is 13.6. The molecule has 1 aromatic heterocycles. The second-order valence-electron chi connectivity index (χ2n) is 7.76. The Hall–Kier alpha value is -3.23. The van der Waals surface area contributed by atoms with E-state index in [4.69, 9.17) is 39.8 Å². The number of amides is 2. The molecule has 2 amide bonds. The van der Waals surface area contributed by atoms with Crippen LogP contribution in [0.2, 0.25) is 10.0 Å². The molecule has 0 aliphatic carbocycles. The van der Waals surface area contributed by atoms with Gasteiger partial charge in [0, 0.05) is 10.0 Å². The number of rotatable bonds is 4. The van der Waals surface area contributed by atoms with Gasteiger partial charge in [-0.3, -0.25) is 19.4 Å². The van der Waals surface area contributed by atoms with Crippen molar-refractivity contribution < 1.29 is 14.0 Å². The lowest BCUT2D eigenvalue weighted by Crippen LogP contribution is -2.56. The molecule has 5 nitrogen and oxygen atoms in total. The Labute approximate surface area is 230 Å². The van der Waals surface area contributed by atoms with E-state index in [0.29, 0.717) is 27.9 Å². The van der Waals surface area contributed by atoms with Gasteiger partial charge in [0.2, 0.25) is 0 Å². The summed E-state index contributed by atoms with van der Waals surface area (Å²) in [5.41, 5.74) is 1.64. The average molecular weight is 598 g/mol. The van der Waals surface area contributed by atoms with Crippen LogP contribution < -0.4 is 9.80 Å². The smallest absolute Gasteiger partial charge is 0.270 e. The third-order valence-electron chi connectivity index (χ3n) is 5.47. The topological polar surface area (TPSA) is 53.8 Å². The SMILES string of the molecule is O=C1/C(=C/c2ccc(-c3ccc(Br)cc3)o2)C(=O)N(c2ccc(Cl)c(Cl)c2)C(=S)N1c1ccccc1. The van der Waals surface area contributed by atoms with Gasteiger partial charge in [-0.05, 0) is 72.9 Å². The molecule has 3 aromatic carbocycles. The van der Waals surface area contributed by atoms with Crippen LogP contribution in [-0.4, -0.2) is 16.9 Å². The molecule has 178 valence electrons. The summed E-state index contributed by atoms with van der Waals surface area (Å²) in [6, 6.07) is 24.7. The molecule has 1 saturated heterocycles. The summed E-state index contributed by atoms with van der Waals surface area (Å²) in [4.78, 5) is 29.8. The zero-order chi connectivity index (χ0) is 25.4. The first-order valence-electron chi connectivity index (χ1n) is 10.6. The molecule has 1 fully saturated rings. The van der Waals surface area contributed by atoms with E-state index in [1.54, 1.807) is 48.5 Å². The maximum Gasteiger partial charge on any atom is 0.270 e. The predicted molar refractivity (Wildman–Crippen MR) is 150 cm³/mol. The quantitative estimate of drug-likeness (QED) is 0.137. The van der Waals surface area contributed by atoms with Gasteiger partial charge in [0.25, 0.3) is 11.8 Å². The zero-order valence-electron chi connectivity index (χ0n) is 18.3. The van der Waals surface area contributed by atoms with Gasteiger partial charge in [-0.15, -0.1) is 0 Å². The normalized spacial score (nSPS) is 15.2. The van der Waals surface area contributed by atoms with E-state index in [1.165, 1.54) is 21.9 Å². The number of hydrogen-bond acceptors (Lipinski definition) is 4. The van der Waals surface area contributed by atoms with Gasteiger partial charge in [0.15, 0.2) is 5.11 Å². The molecule has 0 bridgehead atoms. The molecule has 1 aliphatic rings. The first kappa shape index (κ1) is 24.5. The first-order chi connectivity index (χ1) is 17.3. The molecule has 0 radical (unpaired) electrons. The summed E-state index contributed by atoms with van der Waals surface area (Å²) >= 11 is 21.3. The molecule has 0 saturated carbocycles. The molecular formula is C27H15BrCl2N2O3S. The van der Waals surface area contributed by atoms with Crippen LogP contribution in [0, 0.1) is 0 Å². The van der Waals surface area contributed by atoms with Crippen LogP contribution in [0.4, 0.5) is 11.4 Å². The lowest BCUT2D eigenvalue weighted by molar-refractivity contribution is -0.120. The molecule has 1 aliphatic heterocycles. The number of carbonyl (C=O) groups is 2. The van der Waals surface area contributed by atoms with Crippen molar-refractivity contribution >= 4 is 85.7 Å². The highest BCUT2D eigenvalue weighted by atomic mass is 79.9. The fourth-order valence-corrected chi connectivity index (χ4v) is 4.66. The number of benzene rings is 3. The van der Waals surface area contributed by atoms with Gasteiger partial charge >= 0.3 is 0 Å². The Balaban J connectivity index is 1.60. The van der Waals surface area contributed by atoms with Crippen molar-refractivity contribution in [2.24, 2.45) is 0 Å². The summed E-state index contributed by atoms with van der Waals surface area (Å²) in [5.74, 6) is -0.215. The van der Waals surface area contributed by atoms with Gasteiger partial charge in [0.1, 0.15) is 17.1 Å². The lowest BCUT2D eigenvalue weighted by atomic mass is 10.1. The third-order valence-corrected chi connectivity index (χ3v) is 7.10. The highest BCUT2D eigenvalue weighted by molar-refractivity contribution is 9.10. The molecule has 0 spiro atoms. The standard InChI is InChI=1S/C27H15BrCl2N2O3S/c28-17-8-6-16(7-9-17)24-13-11-20(35-24)15-21-25(33)31(18-4-2-1-3-5-18)27(36)32(26(21)34)19-10-12-22(29)23(30)14-19/h1-15H/b21-15-. The highest BCUT2D eigenvalue weighted by Crippen LogP contribution is 2.34. The third kappa shape index (κ3) is 4.63. The van der Waals surface area contributed by atoms with Crippen molar-refractivity contribution in [3.05, 3.63) is 111 Å².